The summed E-state index contributed by atoms with van der Waals surface area (Å²) >= 11 is 1.52. The smallest absolute Gasteiger partial charge is 0.226 e. The second-order valence-corrected chi connectivity index (χ2v) is 9.55. The Balaban J connectivity index is 1.37. The Kier molecular flexibility index (Phi) is 7.64. The van der Waals surface area contributed by atoms with Crippen molar-refractivity contribution in [1.29, 1.82) is 0 Å². The molecule has 0 saturated heterocycles. The largest absolute Gasteiger partial charge is 0.494 e. The van der Waals surface area contributed by atoms with E-state index in [4.69, 9.17) is 4.74 Å². The lowest BCUT2D eigenvalue weighted by Crippen LogP contribution is -2.15. The van der Waals surface area contributed by atoms with Crippen LogP contribution in [0, 0.1) is 0 Å². The number of carbonyl (C=O) groups is 1. The zero-order chi connectivity index (χ0) is 20.7. The Bertz CT molecular complexity index is 780. The maximum atomic E-state index is 12.2. The van der Waals surface area contributed by atoms with Crippen molar-refractivity contribution in [2.45, 2.75) is 83.5 Å². The lowest BCUT2D eigenvalue weighted by atomic mass is 9.82. The Morgan fingerprint density at radius 3 is 2.59 bits per heavy atom. The van der Waals surface area contributed by atoms with E-state index >= 15 is 0 Å². The van der Waals surface area contributed by atoms with E-state index in [0.717, 1.165) is 17.2 Å². The number of rotatable bonds is 9. The van der Waals surface area contributed by atoms with Gasteiger partial charge in [0, 0.05) is 12.3 Å². The van der Waals surface area contributed by atoms with Gasteiger partial charge in [-0.15, -0.1) is 10.2 Å². The number of benzene rings is 1. The molecule has 1 aromatic carbocycles. The third-order valence-corrected chi connectivity index (χ3v) is 6.98. The van der Waals surface area contributed by atoms with E-state index in [1.807, 2.05) is 12.1 Å². The van der Waals surface area contributed by atoms with Crippen LogP contribution < -0.4 is 10.1 Å². The maximum absolute atomic E-state index is 12.2. The Morgan fingerprint density at radius 2 is 1.90 bits per heavy atom. The van der Waals surface area contributed by atoms with Gasteiger partial charge in [0.1, 0.15) is 10.8 Å². The Morgan fingerprint density at radius 1 is 1.17 bits per heavy atom. The number of anilines is 1. The van der Waals surface area contributed by atoms with Crippen molar-refractivity contribution >= 4 is 22.4 Å². The molecule has 0 atom stereocenters. The number of hydrogen-bond donors (Lipinski definition) is 1. The first-order valence-electron chi connectivity index (χ1n) is 10.8. The molecule has 1 aliphatic carbocycles. The number of aromatic nitrogens is 2. The standard InChI is InChI=1S/C23H33N3O2S/c1-4-23(2,3)18-12-14-19(15-13-18)28-16-8-11-20(27)24-22-26-25-21(29-22)17-9-6-5-7-10-17/h12-15,17H,4-11,16H2,1-3H3,(H,24,26,27). The van der Waals surface area contributed by atoms with Gasteiger partial charge >= 0.3 is 0 Å². The lowest BCUT2D eigenvalue weighted by Gasteiger charge is -2.23. The van der Waals surface area contributed by atoms with Crippen LogP contribution in [0.5, 0.6) is 5.75 Å². The Labute approximate surface area is 178 Å². The molecular formula is C23H33N3O2S. The lowest BCUT2D eigenvalue weighted by molar-refractivity contribution is -0.116. The van der Waals surface area contributed by atoms with Crippen LogP contribution in [0.1, 0.15) is 88.6 Å². The van der Waals surface area contributed by atoms with Gasteiger partial charge in [0.2, 0.25) is 11.0 Å². The summed E-state index contributed by atoms with van der Waals surface area (Å²) in [6.07, 6.45) is 8.42. The minimum atomic E-state index is -0.0278. The van der Waals surface area contributed by atoms with Crippen LogP contribution >= 0.6 is 11.3 Å². The summed E-state index contributed by atoms with van der Waals surface area (Å²) in [4.78, 5) is 12.2. The summed E-state index contributed by atoms with van der Waals surface area (Å²) in [6, 6.07) is 8.29. The fourth-order valence-corrected chi connectivity index (χ4v) is 4.54. The fourth-order valence-electron chi connectivity index (χ4n) is 3.61. The minimum absolute atomic E-state index is 0.0278. The number of amides is 1. The molecule has 29 heavy (non-hydrogen) atoms. The average molecular weight is 416 g/mol. The van der Waals surface area contributed by atoms with Crippen LogP contribution in [-0.2, 0) is 10.2 Å². The second kappa shape index (κ2) is 10.2. The monoisotopic (exact) mass is 415 g/mol. The van der Waals surface area contributed by atoms with Crippen molar-refractivity contribution in [1.82, 2.24) is 10.2 Å². The summed E-state index contributed by atoms with van der Waals surface area (Å²) < 4.78 is 5.79. The van der Waals surface area contributed by atoms with Gasteiger partial charge in [-0.2, -0.15) is 0 Å². The zero-order valence-electron chi connectivity index (χ0n) is 17.9. The third-order valence-electron chi connectivity index (χ3n) is 5.98. The van der Waals surface area contributed by atoms with Gasteiger partial charge in [-0.25, -0.2) is 0 Å². The first-order chi connectivity index (χ1) is 14.0. The molecule has 1 amide bonds. The minimum Gasteiger partial charge on any atom is -0.494 e. The van der Waals surface area contributed by atoms with E-state index < -0.39 is 0 Å². The quantitative estimate of drug-likeness (QED) is 0.505. The van der Waals surface area contributed by atoms with Crippen LogP contribution in [0.25, 0.3) is 0 Å². The molecule has 2 aromatic rings. The highest BCUT2D eigenvalue weighted by molar-refractivity contribution is 7.15. The normalized spacial score (nSPS) is 15.3. The molecule has 3 rings (SSSR count). The van der Waals surface area contributed by atoms with E-state index in [9.17, 15) is 4.79 Å². The molecule has 0 radical (unpaired) electrons. The predicted octanol–water partition coefficient (Wildman–Crippen LogP) is 6.07. The summed E-state index contributed by atoms with van der Waals surface area (Å²) in [6.45, 7) is 7.22. The van der Waals surface area contributed by atoms with Crippen LogP contribution in [0.2, 0.25) is 0 Å². The molecule has 6 heteroatoms. The van der Waals surface area contributed by atoms with E-state index in [1.165, 1.54) is 49.0 Å². The molecule has 0 unspecified atom stereocenters. The summed E-state index contributed by atoms with van der Waals surface area (Å²) in [5.74, 6) is 1.34. The molecule has 1 heterocycles. The first kappa shape index (κ1) is 21.8. The van der Waals surface area contributed by atoms with Gasteiger partial charge in [0.05, 0.1) is 6.61 Å². The molecule has 0 aliphatic heterocycles. The molecule has 1 N–H and O–H groups in total. The van der Waals surface area contributed by atoms with Gasteiger partial charge < -0.3 is 10.1 Å². The van der Waals surface area contributed by atoms with Gasteiger partial charge in [-0.1, -0.05) is 63.5 Å². The van der Waals surface area contributed by atoms with Crippen molar-refractivity contribution in [3.8, 4) is 5.75 Å². The molecule has 1 aromatic heterocycles. The highest BCUT2D eigenvalue weighted by atomic mass is 32.1. The first-order valence-corrected chi connectivity index (χ1v) is 11.7. The van der Waals surface area contributed by atoms with E-state index in [2.05, 4.69) is 48.4 Å². The van der Waals surface area contributed by atoms with Crippen LogP contribution in [0.15, 0.2) is 24.3 Å². The van der Waals surface area contributed by atoms with Gasteiger partial charge in [0.15, 0.2) is 0 Å². The highest BCUT2D eigenvalue weighted by Gasteiger charge is 2.20. The Hall–Kier alpha value is -1.95. The average Bonchev–Trinajstić information content (AvgIpc) is 3.20. The third kappa shape index (κ3) is 6.26. The van der Waals surface area contributed by atoms with Crippen molar-refractivity contribution in [3.05, 3.63) is 34.8 Å². The molecule has 0 spiro atoms. The molecule has 5 nitrogen and oxygen atoms in total. The summed E-state index contributed by atoms with van der Waals surface area (Å²) in [5, 5.41) is 13.0. The van der Waals surface area contributed by atoms with E-state index in [1.54, 1.807) is 0 Å². The van der Waals surface area contributed by atoms with Crippen LogP contribution in [0.4, 0.5) is 5.13 Å². The van der Waals surface area contributed by atoms with Crippen LogP contribution in [-0.4, -0.2) is 22.7 Å². The van der Waals surface area contributed by atoms with E-state index in [0.29, 0.717) is 30.5 Å². The molecule has 0 bridgehead atoms. The fraction of sp³-hybridized carbons (Fsp3) is 0.609. The number of ether oxygens (including phenoxy) is 1. The summed E-state index contributed by atoms with van der Waals surface area (Å²) in [7, 11) is 0. The highest BCUT2D eigenvalue weighted by Crippen LogP contribution is 2.35. The summed E-state index contributed by atoms with van der Waals surface area (Å²) in [5.41, 5.74) is 1.49. The number of nitrogens with zero attached hydrogens (tertiary/aromatic N) is 2. The van der Waals surface area contributed by atoms with Gasteiger partial charge in [0.25, 0.3) is 0 Å². The SMILES string of the molecule is CCC(C)(C)c1ccc(OCCCC(=O)Nc2nnc(C3CCCCC3)s2)cc1. The molecule has 1 aliphatic rings. The van der Waals surface area contributed by atoms with Gasteiger partial charge in [-0.3, -0.25) is 4.79 Å². The molecular weight excluding hydrogens is 382 g/mol. The zero-order valence-corrected chi connectivity index (χ0v) is 18.7. The molecule has 158 valence electrons. The van der Waals surface area contributed by atoms with Crippen molar-refractivity contribution in [2.75, 3.05) is 11.9 Å². The van der Waals surface area contributed by atoms with Crippen molar-refractivity contribution in [2.24, 2.45) is 0 Å². The number of carbonyl (C=O) groups excluding carboxylic acids is 1. The number of hydrogen-bond acceptors (Lipinski definition) is 5. The topological polar surface area (TPSA) is 64.1 Å². The second-order valence-electron chi connectivity index (χ2n) is 8.54. The molecule has 1 fully saturated rings. The van der Waals surface area contributed by atoms with E-state index in [-0.39, 0.29) is 11.3 Å². The van der Waals surface area contributed by atoms with Crippen molar-refractivity contribution in [3.63, 3.8) is 0 Å². The maximum Gasteiger partial charge on any atom is 0.226 e. The van der Waals surface area contributed by atoms with Gasteiger partial charge in [-0.05, 0) is 48.8 Å². The molecule has 1 saturated carbocycles. The van der Waals surface area contributed by atoms with Crippen LogP contribution in [0.3, 0.4) is 0 Å². The number of nitrogens with one attached hydrogen (secondary N) is 1. The van der Waals surface area contributed by atoms with Crippen molar-refractivity contribution < 1.29 is 9.53 Å². The predicted molar refractivity (Wildman–Crippen MR) is 119 cm³/mol.